The van der Waals surface area contributed by atoms with E-state index in [-0.39, 0.29) is 0 Å². The molecular weight excluding hydrogens is 266 g/mol. The van der Waals surface area contributed by atoms with Crippen LogP contribution in [0.25, 0.3) is 0 Å². The maximum atomic E-state index is 4.79. The molecule has 1 aromatic heterocycles. The van der Waals surface area contributed by atoms with Crippen molar-refractivity contribution in [3.63, 3.8) is 0 Å². The standard InChI is InChI=1S/C16H29N3S/c1-5-6-14-7-9-19(10-8-14)16-18-13(4)15(20-16)11-17-12(2)3/h12,14,17H,5-11H2,1-4H3. The molecule has 0 radical (unpaired) electrons. The molecule has 0 unspecified atom stereocenters. The number of nitrogens with zero attached hydrogens (tertiary/aromatic N) is 2. The Kier molecular flexibility index (Phi) is 5.85. The van der Waals surface area contributed by atoms with Gasteiger partial charge in [0.1, 0.15) is 0 Å². The van der Waals surface area contributed by atoms with Gasteiger partial charge in [-0.2, -0.15) is 0 Å². The Morgan fingerprint density at radius 2 is 2.05 bits per heavy atom. The molecule has 0 amide bonds. The van der Waals surface area contributed by atoms with E-state index >= 15 is 0 Å². The van der Waals surface area contributed by atoms with Crippen LogP contribution in [0, 0.1) is 12.8 Å². The van der Waals surface area contributed by atoms with E-state index in [0.717, 1.165) is 12.5 Å². The molecule has 0 saturated carbocycles. The molecule has 0 aliphatic carbocycles. The van der Waals surface area contributed by atoms with E-state index in [0.29, 0.717) is 6.04 Å². The molecule has 2 heterocycles. The summed E-state index contributed by atoms with van der Waals surface area (Å²) in [5, 5.41) is 4.73. The predicted octanol–water partition coefficient (Wildman–Crippen LogP) is 3.97. The first-order valence-corrected chi connectivity index (χ1v) is 8.86. The molecule has 0 atom stereocenters. The van der Waals surface area contributed by atoms with Crippen LogP contribution in [-0.4, -0.2) is 24.1 Å². The summed E-state index contributed by atoms with van der Waals surface area (Å²) < 4.78 is 0. The molecular formula is C16H29N3S. The van der Waals surface area contributed by atoms with E-state index in [1.165, 1.54) is 54.5 Å². The number of aromatic nitrogens is 1. The second-order valence-electron chi connectivity index (χ2n) is 6.26. The molecule has 0 bridgehead atoms. The van der Waals surface area contributed by atoms with Crippen LogP contribution >= 0.6 is 11.3 Å². The lowest BCUT2D eigenvalue weighted by Crippen LogP contribution is -2.33. The van der Waals surface area contributed by atoms with Crippen molar-refractivity contribution in [1.29, 1.82) is 0 Å². The van der Waals surface area contributed by atoms with Crippen LogP contribution in [0.2, 0.25) is 0 Å². The number of hydrogen-bond donors (Lipinski definition) is 1. The first-order valence-electron chi connectivity index (χ1n) is 8.04. The van der Waals surface area contributed by atoms with Crippen LogP contribution in [0.15, 0.2) is 0 Å². The van der Waals surface area contributed by atoms with Crippen molar-refractivity contribution in [2.75, 3.05) is 18.0 Å². The summed E-state index contributed by atoms with van der Waals surface area (Å²) >= 11 is 1.87. The maximum Gasteiger partial charge on any atom is 0.185 e. The van der Waals surface area contributed by atoms with Gasteiger partial charge in [0, 0.05) is 30.6 Å². The molecule has 20 heavy (non-hydrogen) atoms. The second kappa shape index (κ2) is 7.41. The number of hydrogen-bond acceptors (Lipinski definition) is 4. The second-order valence-corrected chi connectivity index (χ2v) is 7.32. The largest absolute Gasteiger partial charge is 0.348 e. The summed E-state index contributed by atoms with van der Waals surface area (Å²) in [6.07, 6.45) is 5.40. The van der Waals surface area contributed by atoms with Crippen molar-refractivity contribution in [2.24, 2.45) is 5.92 Å². The summed E-state index contributed by atoms with van der Waals surface area (Å²) in [7, 11) is 0. The minimum Gasteiger partial charge on any atom is -0.348 e. The highest BCUT2D eigenvalue weighted by Crippen LogP contribution is 2.30. The predicted molar refractivity (Wildman–Crippen MR) is 88.7 cm³/mol. The quantitative estimate of drug-likeness (QED) is 0.861. The smallest absolute Gasteiger partial charge is 0.185 e. The minimum absolute atomic E-state index is 0.532. The molecule has 4 heteroatoms. The van der Waals surface area contributed by atoms with E-state index in [4.69, 9.17) is 4.98 Å². The van der Waals surface area contributed by atoms with Gasteiger partial charge in [-0.25, -0.2) is 4.98 Å². The third-order valence-electron chi connectivity index (χ3n) is 4.13. The first kappa shape index (κ1) is 15.8. The summed E-state index contributed by atoms with van der Waals surface area (Å²) in [6, 6.07) is 0.532. The first-order chi connectivity index (χ1) is 9.60. The van der Waals surface area contributed by atoms with E-state index in [2.05, 4.69) is 37.9 Å². The van der Waals surface area contributed by atoms with Gasteiger partial charge < -0.3 is 10.2 Å². The molecule has 1 aliphatic rings. The average Bonchev–Trinajstić information content (AvgIpc) is 2.79. The van der Waals surface area contributed by atoms with Gasteiger partial charge >= 0.3 is 0 Å². The number of anilines is 1. The van der Waals surface area contributed by atoms with Gasteiger partial charge in [-0.3, -0.25) is 0 Å². The average molecular weight is 295 g/mol. The van der Waals surface area contributed by atoms with Crippen LogP contribution < -0.4 is 10.2 Å². The van der Waals surface area contributed by atoms with Crippen LogP contribution in [0.5, 0.6) is 0 Å². The summed E-state index contributed by atoms with van der Waals surface area (Å²) in [4.78, 5) is 8.67. The maximum absolute atomic E-state index is 4.79. The highest BCUT2D eigenvalue weighted by Gasteiger charge is 2.21. The molecule has 1 N–H and O–H groups in total. The van der Waals surface area contributed by atoms with Crippen molar-refractivity contribution >= 4 is 16.5 Å². The Hall–Kier alpha value is -0.610. The molecule has 1 fully saturated rings. The molecule has 2 rings (SSSR count). The highest BCUT2D eigenvalue weighted by atomic mass is 32.1. The highest BCUT2D eigenvalue weighted by molar-refractivity contribution is 7.15. The third kappa shape index (κ3) is 4.19. The lowest BCUT2D eigenvalue weighted by Gasteiger charge is -2.31. The molecule has 3 nitrogen and oxygen atoms in total. The van der Waals surface area contributed by atoms with Gasteiger partial charge in [0.05, 0.1) is 5.69 Å². The molecule has 114 valence electrons. The molecule has 1 saturated heterocycles. The van der Waals surface area contributed by atoms with Crippen molar-refractivity contribution in [3.8, 4) is 0 Å². The Bertz CT molecular complexity index is 406. The van der Waals surface area contributed by atoms with Crippen molar-refractivity contribution in [2.45, 2.75) is 66.0 Å². The topological polar surface area (TPSA) is 28.2 Å². The lowest BCUT2D eigenvalue weighted by molar-refractivity contribution is 0.378. The monoisotopic (exact) mass is 295 g/mol. The van der Waals surface area contributed by atoms with Crippen LogP contribution in [-0.2, 0) is 6.54 Å². The van der Waals surface area contributed by atoms with Gasteiger partial charge in [-0.1, -0.05) is 33.6 Å². The number of thiazole rings is 1. The Labute approximate surface area is 127 Å². The van der Waals surface area contributed by atoms with Crippen molar-refractivity contribution < 1.29 is 0 Å². The van der Waals surface area contributed by atoms with Crippen LogP contribution in [0.4, 0.5) is 5.13 Å². The minimum atomic E-state index is 0.532. The van der Waals surface area contributed by atoms with E-state index in [1.54, 1.807) is 0 Å². The Balaban J connectivity index is 1.91. The fourth-order valence-electron chi connectivity index (χ4n) is 2.83. The van der Waals surface area contributed by atoms with Gasteiger partial charge in [-0.15, -0.1) is 11.3 Å². The van der Waals surface area contributed by atoms with E-state index in [9.17, 15) is 0 Å². The number of aryl methyl sites for hydroxylation is 1. The van der Waals surface area contributed by atoms with Crippen molar-refractivity contribution in [3.05, 3.63) is 10.6 Å². The summed E-state index contributed by atoms with van der Waals surface area (Å²) in [5.74, 6) is 0.944. The summed E-state index contributed by atoms with van der Waals surface area (Å²) in [6.45, 7) is 12.1. The number of piperidine rings is 1. The zero-order chi connectivity index (χ0) is 14.5. The zero-order valence-corrected chi connectivity index (χ0v) is 14.2. The summed E-state index contributed by atoms with van der Waals surface area (Å²) in [5.41, 5.74) is 1.20. The lowest BCUT2D eigenvalue weighted by atomic mass is 9.93. The molecule has 1 aliphatic heterocycles. The SMILES string of the molecule is CCCC1CCN(c2nc(C)c(CNC(C)C)s2)CC1. The van der Waals surface area contributed by atoms with Crippen LogP contribution in [0.1, 0.15) is 57.0 Å². The van der Waals surface area contributed by atoms with Gasteiger partial charge in [-0.05, 0) is 25.7 Å². The number of rotatable bonds is 6. The molecule has 0 spiro atoms. The fraction of sp³-hybridized carbons (Fsp3) is 0.812. The van der Waals surface area contributed by atoms with E-state index in [1.807, 2.05) is 11.3 Å². The van der Waals surface area contributed by atoms with Gasteiger partial charge in [0.25, 0.3) is 0 Å². The van der Waals surface area contributed by atoms with E-state index < -0.39 is 0 Å². The number of nitrogens with one attached hydrogen (secondary N) is 1. The Morgan fingerprint density at radius 3 is 2.65 bits per heavy atom. The normalized spacial score (nSPS) is 17.1. The third-order valence-corrected chi connectivity index (χ3v) is 5.35. The van der Waals surface area contributed by atoms with Gasteiger partial charge in [0.15, 0.2) is 5.13 Å². The molecule has 1 aromatic rings. The Morgan fingerprint density at radius 1 is 1.35 bits per heavy atom. The van der Waals surface area contributed by atoms with Crippen molar-refractivity contribution in [1.82, 2.24) is 10.3 Å². The zero-order valence-electron chi connectivity index (χ0n) is 13.4. The fourth-order valence-corrected chi connectivity index (χ4v) is 3.89. The molecule has 0 aromatic carbocycles. The van der Waals surface area contributed by atoms with Crippen LogP contribution in [0.3, 0.4) is 0 Å². The van der Waals surface area contributed by atoms with Gasteiger partial charge in [0.2, 0.25) is 0 Å².